The third-order valence-electron chi connectivity index (χ3n) is 1.85. The third kappa shape index (κ3) is 5.57. The molecule has 7 heteroatoms. The third-order valence-corrected chi connectivity index (χ3v) is 5.97. The summed E-state index contributed by atoms with van der Waals surface area (Å²) in [6.07, 6.45) is -0.693. The molecule has 0 amide bonds. The standard InChI is InChI=1S/C9H18Cl3O3P/c1-7(4-10)14-16(13,9(3)6-12)15-8(2)5-11/h7-9H,4-6H2,1-3H3. The van der Waals surface area contributed by atoms with Gasteiger partial charge in [0.2, 0.25) is 0 Å². The van der Waals surface area contributed by atoms with Crippen LogP contribution in [0.25, 0.3) is 0 Å². The molecule has 0 aromatic rings. The van der Waals surface area contributed by atoms with E-state index >= 15 is 0 Å². The molecule has 3 nitrogen and oxygen atoms in total. The number of hydrogen-bond donors (Lipinski definition) is 0. The van der Waals surface area contributed by atoms with Gasteiger partial charge in [0, 0.05) is 17.6 Å². The molecule has 3 unspecified atom stereocenters. The molecule has 0 aliphatic rings. The Morgan fingerprint density at radius 3 is 1.56 bits per heavy atom. The molecule has 0 aromatic heterocycles. The molecule has 0 radical (unpaired) electrons. The number of hydrogen-bond acceptors (Lipinski definition) is 3. The van der Waals surface area contributed by atoms with Crippen LogP contribution < -0.4 is 0 Å². The number of alkyl halides is 3. The van der Waals surface area contributed by atoms with Crippen molar-refractivity contribution in [1.29, 1.82) is 0 Å². The topological polar surface area (TPSA) is 35.5 Å². The Labute approximate surface area is 112 Å². The Morgan fingerprint density at radius 2 is 1.31 bits per heavy atom. The summed E-state index contributed by atoms with van der Waals surface area (Å²) in [5, 5.41) is 0. The first-order valence-electron chi connectivity index (χ1n) is 5.04. The first-order chi connectivity index (χ1) is 7.39. The van der Waals surface area contributed by atoms with Crippen molar-refractivity contribution in [2.75, 3.05) is 17.6 Å². The van der Waals surface area contributed by atoms with Crippen LogP contribution in [0.3, 0.4) is 0 Å². The highest BCUT2D eigenvalue weighted by atomic mass is 35.5. The summed E-state index contributed by atoms with van der Waals surface area (Å²) in [4.78, 5) is 0. The Bertz CT molecular complexity index is 224. The lowest BCUT2D eigenvalue weighted by atomic mass is 10.5. The molecule has 16 heavy (non-hydrogen) atoms. The van der Waals surface area contributed by atoms with Crippen LogP contribution in [0.5, 0.6) is 0 Å². The van der Waals surface area contributed by atoms with Gasteiger partial charge in [-0.25, -0.2) is 0 Å². The Hall–Kier alpha value is 1.02. The molecule has 0 spiro atoms. The second kappa shape index (κ2) is 8.18. The molecule has 0 saturated carbocycles. The first-order valence-corrected chi connectivity index (χ1v) is 8.25. The van der Waals surface area contributed by atoms with Crippen LogP contribution in [-0.4, -0.2) is 35.5 Å². The van der Waals surface area contributed by atoms with Crippen LogP contribution >= 0.6 is 42.4 Å². The average molecular weight is 312 g/mol. The molecule has 3 atom stereocenters. The molecule has 0 rings (SSSR count). The summed E-state index contributed by atoms with van der Waals surface area (Å²) >= 11 is 16.9. The van der Waals surface area contributed by atoms with Gasteiger partial charge in [-0.05, 0) is 20.8 Å². The summed E-state index contributed by atoms with van der Waals surface area (Å²) in [5.41, 5.74) is -0.384. The zero-order valence-electron chi connectivity index (χ0n) is 9.66. The van der Waals surface area contributed by atoms with Gasteiger partial charge in [0.25, 0.3) is 0 Å². The average Bonchev–Trinajstić information content (AvgIpc) is 2.27. The molecule has 98 valence electrons. The normalized spacial score (nSPS) is 21.1. The molecule has 0 saturated heterocycles. The van der Waals surface area contributed by atoms with Gasteiger partial charge in [-0.3, -0.25) is 4.57 Å². The number of rotatable bonds is 8. The van der Waals surface area contributed by atoms with E-state index < -0.39 is 7.60 Å². The Morgan fingerprint density at radius 1 is 0.938 bits per heavy atom. The Kier molecular flexibility index (Phi) is 8.70. The maximum atomic E-state index is 12.4. The van der Waals surface area contributed by atoms with Gasteiger partial charge in [0.15, 0.2) is 0 Å². The number of halogens is 3. The zero-order valence-corrected chi connectivity index (χ0v) is 12.8. The quantitative estimate of drug-likeness (QED) is 0.500. The summed E-state index contributed by atoms with van der Waals surface area (Å²) in [6.45, 7) is 5.18. The minimum absolute atomic E-state index is 0.196. The van der Waals surface area contributed by atoms with E-state index in [0.717, 1.165) is 0 Å². The van der Waals surface area contributed by atoms with Gasteiger partial charge in [-0.2, -0.15) is 0 Å². The first kappa shape index (κ1) is 17.0. The van der Waals surface area contributed by atoms with Crippen molar-refractivity contribution in [3.63, 3.8) is 0 Å². The highest BCUT2D eigenvalue weighted by Gasteiger charge is 2.35. The molecule has 0 fully saturated rings. The minimum atomic E-state index is -3.26. The van der Waals surface area contributed by atoms with Crippen LogP contribution in [0.4, 0.5) is 0 Å². The SMILES string of the molecule is CC(CCl)OP(=O)(OC(C)CCl)C(C)CCl. The van der Waals surface area contributed by atoms with Crippen molar-refractivity contribution in [3.8, 4) is 0 Å². The second-order valence-corrected chi connectivity index (χ2v) is 6.99. The van der Waals surface area contributed by atoms with E-state index in [1.165, 1.54) is 0 Å². The molecular formula is C9H18Cl3O3P. The van der Waals surface area contributed by atoms with Crippen molar-refractivity contribution in [1.82, 2.24) is 0 Å². The molecule has 0 aromatic carbocycles. The van der Waals surface area contributed by atoms with E-state index in [2.05, 4.69) is 0 Å². The van der Waals surface area contributed by atoms with Gasteiger partial charge in [-0.1, -0.05) is 0 Å². The van der Waals surface area contributed by atoms with Crippen LogP contribution in [0.2, 0.25) is 0 Å². The second-order valence-electron chi connectivity index (χ2n) is 3.68. The molecule has 0 N–H and O–H groups in total. The minimum Gasteiger partial charge on any atom is -0.304 e. The lowest BCUT2D eigenvalue weighted by Crippen LogP contribution is -2.21. The van der Waals surface area contributed by atoms with E-state index in [-0.39, 0.29) is 35.5 Å². The fourth-order valence-electron chi connectivity index (χ4n) is 0.875. The molecule has 0 bridgehead atoms. The summed E-state index contributed by atoms with van der Waals surface area (Å²) in [5.74, 6) is 0.691. The fraction of sp³-hybridized carbons (Fsp3) is 1.00. The van der Waals surface area contributed by atoms with E-state index in [1.807, 2.05) is 0 Å². The predicted molar refractivity (Wildman–Crippen MR) is 70.3 cm³/mol. The molecule has 0 aliphatic heterocycles. The van der Waals surface area contributed by atoms with E-state index in [9.17, 15) is 4.57 Å². The van der Waals surface area contributed by atoms with Gasteiger partial charge in [0.1, 0.15) is 0 Å². The smallest absolute Gasteiger partial charge is 0.304 e. The lowest BCUT2D eigenvalue weighted by molar-refractivity contribution is 0.141. The predicted octanol–water partition coefficient (Wildman–Crippen LogP) is 4.09. The van der Waals surface area contributed by atoms with Gasteiger partial charge < -0.3 is 9.05 Å². The van der Waals surface area contributed by atoms with E-state index in [4.69, 9.17) is 43.9 Å². The molecule has 0 aliphatic carbocycles. The monoisotopic (exact) mass is 310 g/mol. The van der Waals surface area contributed by atoms with Crippen molar-refractivity contribution < 1.29 is 13.6 Å². The Balaban J connectivity index is 4.68. The zero-order chi connectivity index (χ0) is 12.8. The van der Waals surface area contributed by atoms with Gasteiger partial charge >= 0.3 is 7.60 Å². The fourth-order valence-corrected chi connectivity index (χ4v) is 3.47. The summed E-state index contributed by atoms with van der Waals surface area (Å²) in [7, 11) is -3.26. The van der Waals surface area contributed by atoms with Crippen LogP contribution in [-0.2, 0) is 13.6 Å². The highest BCUT2D eigenvalue weighted by Crippen LogP contribution is 2.55. The van der Waals surface area contributed by atoms with Gasteiger partial charge in [-0.15, -0.1) is 34.8 Å². The largest absolute Gasteiger partial charge is 0.335 e. The molecule has 0 heterocycles. The maximum absolute atomic E-state index is 12.4. The summed E-state index contributed by atoms with van der Waals surface area (Å²) in [6, 6.07) is 0. The van der Waals surface area contributed by atoms with Gasteiger partial charge in [0.05, 0.1) is 17.9 Å². The van der Waals surface area contributed by atoms with Crippen LogP contribution in [0, 0.1) is 0 Å². The maximum Gasteiger partial charge on any atom is 0.335 e. The van der Waals surface area contributed by atoms with Crippen molar-refractivity contribution >= 4 is 42.4 Å². The van der Waals surface area contributed by atoms with Crippen LogP contribution in [0.1, 0.15) is 20.8 Å². The lowest BCUT2D eigenvalue weighted by Gasteiger charge is -2.27. The van der Waals surface area contributed by atoms with Crippen LogP contribution in [0.15, 0.2) is 0 Å². The van der Waals surface area contributed by atoms with Crippen molar-refractivity contribution in [2.24, 2.45) is 0 Å². The highest BCUT2D eigenvalue weighted by molar-refractivity contribution is 7.54. The van der Waals surface area contributed by atoms with Crippen molar-refractivity contribution in [3.05, 3.63) is 0 Å². The summed E-state index contributed by atoms with van der Waals surface area (Å²) < 4.78 is 23.2. The van der Waals surface area contributed by atoms with E-state index in [0.29, 0.717) is 0 Å². The molecular weight excluding hydrogens is 293 g/mol. The van der Waals surface area contributed by atoms with E-state index in [1.54, 1.807) is 20.8 Å². The van der Waals surface area contributed by atoms with Crippen molar-refractivity contribution in [2.45, 2.75) is 38.6 Å².